The molecule has 2 rings (SSSR count). The average molecular weight is 360 g/mol. The molecule has 0 atom stereocenters. The topological polar surface area (TPSA) is 81.1 Å². The van der Waals surface area contributed by atoms with Crippen LogP contribution >= 0.6 is 24.8 Å². The van der Waals surface area contributed by atoms with Gasteiger partial charge in [0.1, 0.15) is 0 Å². The number of benzene rings is 1. The van der Waals surface area contributed by atoms with Gasteiger partial charge in [-0.3, -0.25) is 4.79 Å². The van der Waals surface area contributed by atoms with Crippen LogP contribution in [0.5, 0.6) is 0 Å². The molecule has 0 unspecified atom stereocenters. The summed E-state index contributed by atoms with van der Waals surface area (Å²) in [5, 5.41) is 2.80. The largest absolute Gasteiger partial charge is 0.441 e. The summed E-state index contributed by atoms with van der Waals surface area (Å²) < 4.78 is 5.65. The molecule has 1 amide bonds. The highest BCUT2D eigenvalue weighted by molar-refractivity contribution is 5.85. The van der Waals surface area contributed by atoms with Crippen molar-refractivity contribution in [3.8, 4) is 11.3 Å². The molecule has 23 heavy (non-hydrogen) atoms. The van der Waals surface area contributed by atoms with Gasteiger partial charge < -0.3 is 15.5 Å². The third-order valence-electron chi connectivity index (χ3n) is 2.92. The lowest BCUT2D eigenvalue weighted by molar-refractivity contribution is -0.121. The fourth-order valence-electron chi connectivity index (χ4n) is 1.80. The Hall–Kier alpha value is -1.56. The van der Waals surface area contributed by atoms with Crippen molar-refractivity contribution in [3.05, 3.63) is 42.4 Å². The average Bonchev–Trinajstić information content (AvgIpc) is 2.92. The molecule has 0 aliphatic heterocycles. The molecule has 0 spiro atoms. The zero-order valence-electron chi connectivity index (χ0n) is 13.2. The van der Waals surface area contributed by atoms with Crippen LogP contribution in [0.4, 0.5) is 0 Å². The standard InChI is InChI=1S/C16H21N3O2.2ClH/c1-16(2,17)11-19-14(20)8-9-15-18-10-13(21-15)12-6-4-3-5-7-12;;/h3-7,10H,8-9,11,17H2,1-2H3,(H,19,20);2*1H. The highest BCUT2D eigenvalue weighted by Gasteiger charge is 2.13. The maximum atomic E-state index is 11.7. The van der Waals surface area contributed by atoms with Gasteiger partial charge in [-0.2, -0.15) is 0 Å². The molecule has 1 aromatic heterocycles. The molecular weight excluding hydrogens is 337 g/mol. The van der Waals surface area contributed by atoms with Gasteiger partial charge in [0.15, 0.2) is 11.7 Å². The quantitative estimate of drug-likeness (QED) is 0.830. The predicted molar refractivity (Wildman–Crippen MR) is 96.0 cm³/mol. The Morgan fingerprint density at radius 1 is 1.26 bits per heavy atom. The Balaban J connectivity index is 0.00000242. The molecule has 0 radical (unpaired) electrons. The van der Waals surface area contributed by atoms with Crippen molar-refractivity contribution in [1.82, 2.24) is 10.3 Å². The number of hydrogen-bond donors (Lipinski definition) is 2. The predicted octanol–water partition coefficient (Wildman–Crippen LogP) is 2.97. The highest BCUT2D eigenvalue weighted by Crippen LogP contribution is 2.20. The molecule has 2 aromatic rings. The van der Waals surface area contributed by atoms with Crippen molar-refractivity contribution in [3.63, 3.8) is 0 Å². The Morgan fingerprint density at radius 2 is 1.91 bits per heavy atom. The second-order valence-corrected chi connectivity index (χ2v) is 5.75. The van der Waals surface area contributed by atoms with Gasteiger partial charge in [0.25, 0.3) is 0 Å². The molecule has 1 heterocycles. The van der Waals surface area contributed by atoms with E-state index in [1.165, 1.54) is 0 Å². The molecule has 128 valence electrons. The number of nitrogens with two attached hydrogens (primary N) is 1. The second-order valence-electron chi connectivity index (χ2n) is 5.75. The van der Waals surface area contributed by atoms with E-state index in [2.05, 4.69) is 10.3 Å². The number of oxazole rings is 1. The molecular formula is C16H23Cl2N3O2. The Kier molecular flexibility index (Phi) is 8.90. The molecule has 3 N–H and O–H groups in total. The summed E-state index contributed by atoms with van der Waals surface area (Å²) >= 11 is 0. The van der Waals surface area contributed by atoms with Crippen LogP contribution in [0.1, 0.15) is 26.2 Å². The van der Waals surface area contributed by atoms with Crippen LogP contribution in [0.25, 0.3) is 11.3 Å². The van der Waals surface area contributed by atoms with E-state index >= 15 is 0 Å². The van der Waals surface area contributed by atoms with Crippen LogP contribution in [0, 0.1) is 0 Å². The summed E-state index contributed by atoms with van der Waals surface area (Å²) in [6, 6.07) is 9.75. The molecule has 0 aliphatic rings. The smallest absolute Gasteiger partial charge is 0.220 e. The summed E-state index contributed by atoms with van der Waals surface area (Å²) in [7, 11) is 0. The SMILES string of the molecule is CC(C)(N)CNC(=O)CCc1ncc(-c2ccccc2)o1.Cl.Cl. The number of carbonyl (C=O) groups excluding carboxylic acids is 1. The first-order valence-corrected chi connectivity index (χ1v) is 7.00. The Morgan fingerprint density at radius 3 is 2.52 bits per heavy atom. The van der Waals surface area contributed by atoms with Crippen molar-refractivity contribution in [2.24, 2.45) is 5.73 Å². The fourth-order valence-corrected chi connectivity index (χ4v) is 1.80. The van der Waals surface area contributed by atoms with E-state index in [0.29, 0.717) is 31.0 Å². The minimum absolute atomic E-state index is 0. The van der Waals surface area contributed by atoms with Gasteiger partial charge >= 0.3 is 0 Å². The molecule has 0 bridgehead atoms. The van der Waals surface area contributed by atoms with Crippen molar-refractivity contribution >= 4 is 30.7 Å². The normalized spacial score (nSPS) is 10.4. The summed E-state index contributed by atoms with van der Waals surface area (Å²) in [5.74, 6) is 1.23. The van der Waals surface area contributed by atoms with Crippen molar-refractivity contribution in [1.29, 1.82) is 0 Å². The molecule has 0 aliphatic carbocycles. The third-order valence-corrected chi connectivity index (χ3v) is 2.92. The van der Waals surface area contributed by atoms with Gasteiger partial charge in [-0.25, -0.2) is 4.98 Å². The van der Waals surface area contributed by atoms with E-state index in [1.54, 1.807) is 6.20 Å². The Bertz CT molecular complexity index is 595. The maximum Gasteiger partial charge on any atom is 0.220 e. The number of nitrogens with one attached hydrogen (secondary N) is 1. The van der Waals surface area contributed by atoms with E-state index in [1.807, 2.05) is 44.2 Å². The summed E-state index contributed by atoms with van der Waals surface area (Å²) in [4.78, 5) is 15.9. The first kappa shape index (κ1) is 21.4. The summed E-state index contributed by atoms with van der Waals surface area (Å²) in [6.45, 7) is 4.19. The van der Waals surface area contributed by atoms with E-state index in [4.69, 9.17) is 10.2 Å². The van der Waals surface area contributed by atoms with Crippen LogP contribution in [-0.2, 0) is 11.2 Å². The summed E-state index contributed by atoms with van der Waals surface area (Å²) in [6.07, 6.45) is 2.50. The van der Waals surface area contributed by atoms with Crippen LogP contribution in [0.2, 0.25) is 0 Å². The van der Waals surface area contributed by atoms with Crippen molar-refractivity contribution in [2.45, 2.75) is 32.2 Å². The van der Waals surface area contributed by atoms with Crippen LogP contribution < -0.4 is 11.1 Å². The van der Waals surface area contributed by atoms with Crippen molar-refractivity contribution < 1.29 is 9.21 Å². The lowest BCUT2D eigenvalue weighted by atomic mass is 10.1. The molecule has 7 heteroatoms. The first-order chi connectivity index (χ1) is 9.94. The van der Waals surface area contributed by atoms with E-state index in [9.17, 15) is 4.79 Å². The van der Waals surface area contributed by atoms with Gasteiger partial charge in [-0.15, -0.1) is 24.8 Å². The van der Waals surface area contributed by atoms with E-state index < -0.39 is 5.54 Å². The van der Waals surface area contributed by atoms with Crippen molar-refractivity contribution in [2.75, 3.05) is 6.54 Å². The summed E-state index contributed by atoms with van der Waals surface area (Å²) in [5.41, 5.74) is 6.39. The third kappa shape index (κ3) is 7.50. The van der Waals surface area contributed by atoms with Crippen LogP contribution in [0.3, 0.4) is 0 Å². The molecule has 0 fully saturated rings. The van der Waals surface area contributed by atoms with E-state index in [0.717, 1.165) is 5.56 Å². The number of aromatic nitrogens is 1. The maximum absolute atomic E-state index is 11.7. The van der Waals surface area contributed by atoms with Gasteiger partial charge in [-0.05, 0) is 13.8 Å². The van der Waals surface area contributed by atoms with Crippen LogP contribution in [0.15, 0.2) is 40.9 Å². The van der Waals surface area contributed by atoms with E-state index in [-0.39, 0.29) is 30.7 Å². The number of nitrogens with zero attached hydrogens (tertiary/aromatic N) is 1. The molecule has 0 saturated heterocycles. The van der Waals surface area contributed by atoms with Gasteiger partial charge in [-0.1, -0.05) is 30.3 Å². The van der Waals surface area contributed by atoms with Gasteiger partial charge in [0.05, 0.1) is 6.20 Å². The fraction of sp³-hybridized carbons (Fsp3) is 0.375. The molecule has 0 saturated carbocycles. The lowest BCUT2D eigenvalue weighted by Crippen LogP contribution is -2.45. The van der Waals surface area contributed by atoms with Gasteiger partial charge in [0, 0.05) is 30.5 Å². The number of hydrogen-bond acceptors (Lipinski definition) is 4. The minimum atomic E-state index is -0.404. The number of aryl methyl sites for hydroxylation is 1. The number of carbonyl (C=O) groups is 1. The monoisotopic (exact) mass is 359 g/mol. The first-order valence-electron chi connectivity index (χ1n) is 7.00. The minimum Gasteiger partial charge on any atom is -0.441 e. The Labute approximate surface area is 148 Å². The molecule has 5 nitrogen and oxygen atoms in total. The lowest BCUT2D eigenvalue weighted by Gasteiger charge is -2.18. The second kappa shape index (κ2) is 9.55. The van der Waals surface area contributed by atoms with Crippen LogP contribution in [-0.4, -0.2) is 23.0 Å². The highest BCUT2D eigenvalue weighted by atomic mass is 35.5. The number of amides is 1. The molecule has 1 aromatic carbocycles. The number of halogens is 2. The van der Waals surface area contributed by atoms with Gasteiger partial charge in [0.2, 0.25) is 5.91 Å². The number of rotatable bonds is 6. The zero-order chi connectivity index (χ0) is 15.3. The zero-order valence-corrected chi connectivity index (χ0v) is 14.9.